The van der Waals surface area contributed by atoms with Crippen LogP contribution in [0.1, 0.15) is 19.8 Å². The molecule has 3 rings (SSSR count). The molecule has 0 aromatic heterocycles. The molecule has 0 amide bonds. The predicted molar refractivity (Wildman–Crippen MR) is 93.4 cm³/mol. The van der Waals surface area contributed by atoms with E-state index in [0.29, 0.717) is 4.83 Å². The van der Waals surface area contributed by atoms with Gasteiger partial charge in [0, 0.05) is 17.9 Å². The first-order valence-corrected chi connectivity index (χ1v) is 9.01. The van der Waals surface area contributed by atoms with Crippen LogP contribution in [0.15, 0.2) is 40.9 Å². The first kappa shape index (κ1) is 15.3. The van der Waals surface area contributed by atoms with Crippen molar-refractivity contribution in [3.63, 3.8) is 0 Å². The molecule has 1 aliphatic rings. The van der Waals surface area contributed by atoms with Crippen molar-refractivity contribution in [1.29, 1.82) is 0 Å². The third-order valence-electron chi connectivity index (χ3n) is 3.80. The Labute approximate surface area is 142 Å². The lowest BCUT2D eigenvalue weighted by atomic mass is 9.91. The summed E-state index contributed by atoms with van der Waals surface area (Å²) in [5.41, 5.74) is 0. The van der Waals surface area contributed by atoms with Crippen LogP contribution in [0.3, 0.4) is 0 Å². The Morgan fingerprint density at radius 1 is 1.19 bits per heavy atom. The number of hydrogen-bond donors (Lipinski definition) is 0. The molecule has 2 aromatic carbocycles. The largest absolute Gasteiger partial charge is 0.486 e. The van der Waals surface area contributed by atoms with E-state index in [-0.39, 0.29) is 12.2 Å². The van der Waals surface area contributed by atoms with Gasteiger partial charge in [-0.1, -0.05) is 53.2 Å². The summed E-state index contributed by atoms with van der Waals surface area (Å²) in [5, 5.41) is 2.39. The first-order valence-electron chi connectivity index (χ1n) is 7.30. The minimum Gasteiger partial charge on any atom is -0.486 e. The summed E-state index contributed by atoms with van der Waals surface area (Å²) in [6.45, 7) is 2.91. The van der Waals surface area contributed by atoms with Crippen molar-refractivity contribution in [2.75, 3.05) is 6.61 Å². The monoisotopic (exact) mass is 412 g/mol. The van der Waals surface area contributed by atoms with E-state index in [0.717, 1.165) is 29.7 Å². The minimum absolute atomic E-state index is 0.124. The summed E-state index contributed by atoms with van der Waals surface area (Å²) in [7, 11) is 0. The SMILES string of the molecule is CCCOC1C(Br)CC1Oc1ccc2ccccc2c1Br. The van der Waals surface area contributed by atoms with E-state index >= 15 is 0 Å². The molecule has 2 nitrogen and oxygen atoms in total. The van der Waals surface area contributed by atoms with E-state index in [2.05, 4.69) is 57.0 Å². The molecule has 0 saturated heterocycles. The van der Waals surface area contributed by atoms with Crippen molar-refractivity contribution in [3.8, 4) is 5.75 Å². The first-order chi connectivity index (χ1) is 10.2. The molecule has 3 unspecified atom stereocenters. The Kier molecular flexibility index (Phi) is 4.87. The van der Waals surface area contributed by atoms with Gasteiger partial charge in [-0.15, -0.1) is 0 Å². The zero-order valence-electron chi connectivity index (χ0n) is 11.9. The van der Waals surface area contributed by atoms with Crippen LogP contribution in [0.25, 0.3) is 10.8 Å². The van der Waals surface area contributed by atoms with Gasteiger partial charge in [-0.25, -0.2) is 0 Å². The van der Waals surface area contributed by atoms with E-state index in [1.807, 2.05) is 18.2 Å². The van der Waals surface area contributed by atoms with E-state index in [9.17, 15) is 0 Å². The molecule has 21 heavy (non-hydrogen) atoms. The van der Waals surface area contributed by atoms with Gasteiger partial charge in [0.05, 0.1) is 4.47 Å². The maximum absolute atomic E-state index is 6.17. The summed E-state index contributed by atoms with van der Waals surface area (Å²) in [6, 6.07) is 12.4. The Morgan fingerprint density at radius 3 is 2.76 bits per heavy atom. The summed E-state index contributed by atoms with van der Waals surface area (Å²) < 4.78 is 13.1. The number of rotatable bonds is 5. The number of alkyl halides is 1. The number of halogens is 2. The van der Waals surface area contributed by atoms with Gasteiger partial charge in [0.2, 0.25) is 0 Å². The molecular formula is C17H18Br2O2. The third kappa shape index (κ3) is 3.13. The van der Waals surface area contributed by atoms with Gasteiger partial charge >= 0.3 is 0 Å². The second kappa shape index (κ2) is 6.67. The minimum atomic E-state index is 0.124. The molecule has 2 aromatic rings. The van der Waals surface area contributed by atoms with Crippen LogP contribution in [0.4, 0.5) is 0 Å². The maximum atomic E-state index is 6.17. The van der Waals surface area contributed by atoms with E-state index in [1.165, 1.54) is 10.8 Å². The van der Waals surface area contributed by atoms with Crippen LogP contribution in [-0.2, 0) is 4.74 Å². The average molecular weight is 414 g/mol. The van der Waals surface area contributed by atoms with Crippen molar-refractivity contribution >= 4 is 42.6 Å². The molecular weight excluding hydrogens is 396 g/mol. The fraction of sp³-hybridized carbons (Fsp3) is 0.412. The fourth-order valence-corrected chi connectivity index (χ4v) is 4.02. The average Bonchev–Trinajstić information content (AvgIpc) is 2.50. The highest BCUT2D eigenvalue weighted by atomic mass is 79.9. The van der Waals surface area contributed by atoms with Gasteiger partial charge in [0.1, 0.15) is 18.0 Å². The second-order valence-corrected chi connectivity index (χ2v) is 7.31. The number of benzene rings is 2. The fourth-order valence-electron chi connectivity index (χ4n) is 2.58. The Hall–Kier alpha value is -0.580. The molecule has 1 fully saturated rings. The highest BCUT2D eigenvalue weighted by molar-refractivity contribution is 9.10. The van der Waals surface area contributed by atoms with Gasteiger partial charge in [0.25, 0.3) is 0 Å². The Balaban J connectivity index is 1.77. The topological polar surface area (TPSA) is 18.5 Å². The summed E-state index contributed by atoms with van der Waals surface area (Å²) in [5.74, 6) is 0.892. The molecule has 0 N–H and O–H groups in total. The van der Waals surface area contributed by atoms with Crippen LogP contribution in [0.2, 0.25) is 0 Å². The van der Waals surface area contributed by atoms with Crippen molar-refractivity contribution in [2.45, 2.75) is 36.8 Å². The normalized spacial score (nSPS) is 24.8. The molecule has 0 heterocycles. The standard InChI is InChI=1S/C17H18Br2O2/c1-2-9-20-17-13(18)10-15(17)21-14-8-7-11-5-3-4-6-12(11)16(14)19/h3-8,13,15,17H,2,9-10H2,1H3. The summed E-state index contributed by atoms with van der Waals surface area (Å²) in [6.07, 6.45) is 2.28. The zero-order valence-corrected chi connectivity index (χ0v) is 15.1. The second-order valence-electron chi connectivity index (χ2n) is 5.34. The lowest BCUT2D eigenvalue weighted by molar-refractivity contribution is -0.0763. The summed E-state index contributed by atoms with van der Waals surface area (Å²) >= 11 is 7.33. The zero-order chi connectivity index (χ0) is 14.8. The number of fused-ring (bicyclic) bond motifs is 1. The van der Waals surface area contributed by atoms with E-state index < -0.39 is 0 Å². The Morgan fingerprint density at radius 2 is 2.00 bits per heavy atom. The number of hydrogen-bond acceptors (Lipinski definition) is 2. The lowest BCUT2D eigenvalue weighted by Crippen LogP contribution is -2.52. The van der Waals surface area contributed by atoms with Crippen LogP contribution >= 0.6 is 31.9 Å². The third-order valence-corrected chi connectivity index (χ3v) is 5.51. The smallest absolute Gasteiger partial charge is 0.134 e. The molecule has 0 aliphatic heterocycles. The van der Waals surface area contributed by atoms with Crippen LogP contribution in [-0.4, -0.2) is 23.6 Å². The predicted octanol–water partition coefficient (Wildman–Crippen LogP) is 5.31. The van der Waals surface area contributed by atoms with Crippen molar-refractivity contribution < 1.29 is 9.47 Å². The van der Waals surface area contributed by atoms with Gasteiger partial charge < -0.3 is 9.47 Å². The highest BCUT2D eigenvalue weighted by Crippen LogP contribution is 2.38. The van der Waals surface area contributed by atoms with Crippen LogP contribution in [0, 0.1) is 0 Å². The molecule has 4 heteroatoms. The van der Waals surface area contributed by atoms with Crippen molar-refractivity contribution in [3.05, 3.63) is 40.9 Å². The quantitative estimate of drug-likeness (QED) is 0.618. The van der Waals surface area contributed by atoms with Gasteiger partial charge in [-0.3, -0.25) is 0 Å². The summed E-state index contributed by atoms with van der Waals surface area (Å²) in [4.78, 5) is 0.397. The van der Waals surface area contributed by atoms with E-state index in [1.54, 1.807) is 0 Å². The van der Waals surface area contributed by atoms with Gasteiger partial charge in [-0.05, 0) is 39.2 Å². The highest BCUT2D eigenvalue weighted by Gasteiger charge is 2.42. The molecule has 3 atom stereocenters. The molecule has 0 radical (unpaired) electrons. The lowest BCUT2D eigenvalue weighted by Gasteiger charge is -2.41. The van der Waals surface area contributed by atoms with E-state index in [4.69, 9.17) is 9.47 Å². The van der Waals surface area contributed by atoms with Gasteiger partial charge in [-0.2, -0.15) is 0 Å². The van der Waals surface area contributed by atoms with Crippen LogP contribution < -0.4 is 4.74 Å². The van der Waals surface area contributed by atoms with Crippen LogP contribution in [0.5, 0.6) is 5.75 Å². The van der Waals surface area contributed by atoms with Gasteiger partial charge in [0.15, 0.2) is 0 Å². The molecule has 0 spiro atoms. The molecule has 112 valence electrons. The molecule has 1 aliphatic carbocycles. The number of ether oxygens (including phenoxy) is 2. The Bertz CT molecular complexity index is 629. The van der Waals surface area contributed by atoms with Crippen molar-refractivity contribution in [2.24, 2.45) is 0 Å². The van der Waals surface area contributed by atoms with Crippen molar-refractivity contribution in [1.82, 2.24) is 0 Å². The molecule has 0 bridgehead atoms. The molecule has 1 saturated carbocycles. The maximum Gasteiger partial charge on any atom is 0.134 e.